The van der Waals surface area contributed by atoms with Gasteiger partial charge < -0.3 is 9.84 Å². The summed E-state index contributed by atoms with van der Waals surface area (Å²) in [5.41, 5.74) is 3.49. The Morgan fingerprint density at radius 2 is 2.00 bits per heavy atom. The largest absolute Gasteiger partial charge is 0.491 e. The maximum absolute atomic E-state index is 13.5. The van der Waals surface area contributed by atoms with E-state index in [0.717, 1.165) is 5.56 Å². The average Bonchev–Trinajstić information content (AvgIpc) is 3.36. The maximum atomic E-state index is 13.5. The van der Waals surface area contributed by atoms with Crippen LogP contribution in [0.2, 0.25) is 5.02 Å². The number of rotatable bonds is 7. The van der Waals surface area contributed by atoms with Crippen LogP contribution >= 0.6 is 22.9 Å². The molecule has 0 saturated heterocycles. The molecule has 9 nitrogen and oxygen atoms in total. The summed E-state index contributed by atoms with van der Waals surface area (Å²) in [7, 11) is 0. The lowest BCUT2D eigenvalue weighted by Gasteiger charge is -2.16. The molecule has 0 spiro atoms. The van der Waals surface area contributed by atoms with E-state index >= 15 is 0 Å². The van der Waals surface area contributed by atoms with Gasteiger partial charge in [-0.2, -0.15) is 5.26 Å². The van der Waals surface area contributed by atoms with Crippen molar-refractivity contribution in [2.45, 2.75) is 33.7 Å². The number of carbonyl (C=O) groups is 1. The highest BCUT2D eigenvalue weighted by atomic mass is 35.5. The molecule has 0 aliphatic carbocycles. The maximum Gasteiger partial charge on any atom is 0.338 e. The summed E-state index contributed by atoms with van der Waals surface area (Å²) in [6.07, 6.45) is 2.08. The first-order chi connectivity index (χ1) is 18.7. The molecule has 39 heavy (non-hydrogen) atoms. The van der Waals surface area contributed by atoms with Crippen LogP contribution in [0.3, 0.4) is 0 Å². The Balaban J connectivity index is 1.51. The molecule has 0 aliphatic heterocycles. The van der Waals surface area contributed by atoms with Crippen molar-refractivity contribution < 1.29 is 14.6 Å². The fourth-order valence-corrected chi connectivity index (χ4v) is 5.83. The zero-order valence-electron chi connectivity index (χ0n) is 21.3. The van der Waals surface area contributed by atoms with Gasteiger partial charge in [0.25, 0.3) is 5.56 Å². The number of nitrogens with zero attached hydrogens (tertiary/aromatic N) is 5. The molecular formula is C28H22ClN5O4S. The second-order valence-corrected chi connectivity index (χ2v) is 10.1. The Labute approximate surface area is 231 Å². The van der Waals surface area contributed by atoms with Crippen molar-refractivity contribution in [2.24, 2.45) is 0 Å². The number of carboxylic acids is 1. The number of hydrogen-bond acceptors (Lipinski definition) is 8. The summed E-state index contributed by atoms with van der Waals surface area (Å²) in [5.74, 6) is -0.0430. The molecule has 0 atom stereocenters. The van der Waals surface area contributed by atoms with Gasteiger partial charge >= 0.3 is 5.97 Å². The lowest BCUT2D eigenvalue weighted by Crippen LogP contribution is -2.28. The van der Waals surface area contributed by atoms with E-state index in [1.165, 1.54) is 15.9 Å². The van der Waals surface area contributed by atoms with Gasteiger partial charge in [0.2, 0.25) is 0 Å². The number of fused-ring (bicyclic) bond motifs is 2. The first kappa shape index (κ1) is 26.3. The van der Waals surface area contributed by atoms with Gasteiger partial charge in [-0.15, -0.1) is 11.3 Å². The van der Waals surface area contributed by atoms with Crippen LogP contribution in [0.15, 0.2) is 40.6 Å². The second kappa shape index (κ2) is 10.4. The third kappa shape index (κ3) is 4.60. The fraction of sp³-hybridized carbons (Fsp3) is 0.214. The Bertz CT molecular complexity index is 1890. The predicted octanol–water partition coefficient (Wildman–Crippen LogP) is 5.55. The molecule has 0 amide bonds. The molecule has 5 rings (SSSR count). The lowest BCUT2D eigenvalue weighted by atomic mass is 10.0. The molecule has 0 bridgehead atoms. The first-order valence-electron chi connectivity index (χ1n) is 12.1. The van der Waals surface area contributed by atoms with Gasteiger partial charge in [-0.1, -0.05) is 18.5 Å². The summed E-state index contributed by atoms with van der Waals surface area (Å²) >= 11 is 7.60. The number of hydrogen-bond donors (Lipinski definition) is 1. The number of carboxylic acid groups (broad SMARTS) is 1. The highest BCUT2D eigenvalue weighted by Gasteiger charge is 2.20. The van der Waals surface area contributed by atoms with E-state index in [0.29, 0.717) is 55.7 Å². The van der Waals surface area contributed by atoms with Crippen LogP contribution in [0.1, 0.15) is 40.1 Å². The second-order valence-electron chi connectivity index (χ2n) is 8.80. The van der Waals surface area contributed by atoms with Crippen molar-refractivity contribution in [3.63, 3.8) is 0 Å². The van der Waals surface area contributed by atoms with Gasteiger partial charge in [0.15, 0.2) is 0 Å². The van der Waals surface area contributed by atoms with E-state index < -0.39 is 5.97 Å². The first-order valence-corrected chi connectivity index (χ1v) is 13.3. The minimum atomic E-state index is -1.05. The number of ether oxygens (including phenoxy) is 1. The molecule has 5 aromatic rings. The normalized spacial score (nSPS) is 11.2. The van der Waals surface area contributed by atoms with Crippen LogP contribution in [-0.2, 0) is 13.0 Å². The van der Waals surface area contributed by atoms with Crippen molar-refractivity contribution in [3.05, 3.63) is 79.6 Å². The number of aryl methyl sites for hydroxylation is 3. The molecule has 11 heteroatoms. The van der Waals surface area contributed by atoms with Gasteiger partial charge in [0, 0.05) is 27.7 Å². The highest BCUT2D eigenvalue weighted by molar-refractivity contribution is 7.18. The Morgan fingerprint density at radius 3 is 2.72 bits per heavy atom. The summed E-state index contributed by atoms with van der Waals surface area (Å²) in [6.45, 7) is 5.73. The predicted molar refractivity (Wildman–Crippen MR) is 150 cm³/mol. The number of benzene rings is 1. The lowest BCUT2D eigenvalue weighted by molar-refractivity contribution is 0.0699. The minimum Gasteiger partial charge on any atom is -0.491 e. The number of pyridine rings is 2. The molecule has 0 fully saturated rings. The molecule has 1 aromatic carbocycles. The summed E-state index contributed by atoms with van der Waals surface area (Å²) in [6, 6.07) is 9.12. The third-order valence-corrected chi connectivity index (χ3v) is 7.72. The molecule has 1 N–H and O–H groups in total. The third-order valence-electron chi connectivity index (χ3n) is 6.48. The molecule has 4 heterocycles. The smallest absolute Gasteiger partial charge is 0.338 e. The molecule has 196 valence electrons. The highest BCUT2D eigenvalue weighted by Crippen LogP contribution is 2.39. The average molecular weight is 560 g/mol. The van der Waals surface area contributed by atoms with Gasteiger partial charge in [0.1, 0.15) is 29.8 Å². The molecule has 0 aliphatic rings. The summed E-state index contributed by atoms with van der Waals surface area (Å²) in [5, 5.41) is 21.6. The molecule has 4 aromatic heterocycles. The standard InChI is InChI=1S/C28H22ClN5O4S/c1-4-21-19(12-30)23-24(14(2)32-21)33-15(3)34(27(23)35)9-10-38-22-6-5-16(29)11-18(22)17-7-8-31-25-20(28(36)37)13-39-26(17)25/h5-8,11,13H,4,9-10H2,1-3H3,(H,36,37). The van der Waals surface area contributed by atoms with Crippen LogP contribution in [-0.4, -0.2) is 37.2 Å². The van der Waals surface area contributed by atoms with E-state index in [2.05, 4.69) is 21.0 Å². The van der Waals surface area contributed by atoms with E-state index in [9.17, 15) is 20.0 Å². The number of thiophene rings is 1. The van der Waals surface area contributed by atoms with E-state index in [1.54, 1.807) is 49.7 Å². The van der Waals surface area contributed by atoms with Gasteiger partial charge in [0.05, 0.1) is 44.7 Å². The van der Waals surface area contributed by atoms with E-state index in [1.807, 2.05) is 6.92 Å². The quantitative estimate of drug-likeness (QED) is 0.274. The van der Waals surface area contributed by atoms with Crippen molar-refractivity contribution in [1.29, 1.82) is 5.26 Å². The summed E-state index contributed by atoms with van der Waals surface area (Å²) in [4.78, 5) is 38.5. The molecule has 0 radical (unpaired) electrons. The van der Waals surface area contributed by atoms with Crippen molar-refractivity contribution in [3.8, 4) is 22.9 Å². The zero-order chi connectivity index (χ0) is 27.8. The van der Waals surface area contributed by atoms with Crippen molar-refractivity contribution in [2.75, 3.05) is 6.61 Å². The monoisotopic (exact) mass is 559 g/mol. The zero-order valence-corrected chi connectivity index (χ0v) is 22.9. The molecular weight excluding hydrogens is 538 g/mol. The van der Waals surface area contributed by atoms with E-state index in [-0.39, 0.29) is 35.2 Å². The molecule has 0 unspecified atom stereocenters. The van der Waals surface area contributed by atoms with Crippen LogP contribution in [0.4, 0.5) is 0 Å². The number of aromatic carboxylic acids is 1. The Morgan fingerprint density at radius 1 is 1.21 bits per heavy atom. The Kier molecular flexibility index (Phi) is 7.04. The van der Waals surface area contributed by atoms with Crippen molar-refractivity contribution >= 4 is 50.0 Å². The number of halogens is 1. The fourth-order valence-electron chi connectivity index (χ4n) is 4.63. The Hall–Kier alpha value is -4.33. The number of nitriles is 1. The van der Waals surface area contributed by atoms with Gasteiger partial charge in [-0.05, 0) is 44.5 Å². The van der Waals surface area contributed by atoms with Crippen LogP contribution in [0.25, 0.3) is 32.2 Å². The topological polar surface area (TPSA) is 131 Å². The van der Waals surface area contributed by atoms with E-state index in [4.69, 9.17) is 16.3 Å². The van der Waals surface area contributed by atoms with Crippen molar-refractivity contribution in [1.82, 2.24) is 19.5 Å². The van der Waals surface area contributed by atoms with Crippen LogP contribution < -0.4 is 10.3 Å². The summed E-state index contributed by atoms with van der Waals surface area (Å²) < 4.78 is 8.35. The van der Waals surface area contributed by atoms with Crippen LogP contribution in [0, 0.1) is 25.2 Å². The van der Waals surface area contributed by atoms with Gasteiger partial charge in [-0.3, -0.25) is 19.3 Å². The minimum absolute atomic E-state index is 0.133. The number of aromatic nitrogens is 4. The van der Waals surface area contributed by atoms with Gasteiger partial charge in [-0.25, -0.2) is 9.78 Å². The SMILES string of the molecule is CCc1nc(C)c2nc(C)n(CCOc3ccc(Cl)cc3-c3ccnc4c(C(=O)O)csc34)c(=O)c2c1C#N. The molecule has 0 saturated carbocycles. The van der Waals surface area contributed by atoms with Crippen LogP contribution in [0.5, 0.6) is 5.75 Å².